The van der Waals surface area contributed by atoms with Gasteiger partial charge in [-0.15, -0.1) is 36.2 Å². The molecule has 0 aliphatic heterocycles. The van der Waals surface area contributed by atoms with E-state index in [0.29, 0.717) is 17.4 Å². The normalized spacial score (nSPS) is 10.1. The Hall–Kier alpha value is -2.02. The van der Waals surface area contributed by atoms with E-state index >= 15 is 0 Å². The van der Waals surface area contributed by atoms with Gasteiger partial charge in [0.25, 0.3) is 0 Å². The molecule has 0 aromatic carbocycles. The van der Waals surface area contributed by atoms with Gasteiger partial charge in [-0.2, -0.15) is 0 Å². The molecule has 0 aliphatic carbocycles. The number of aromatic nitrogens is 3. The Kier molecular flexibility index (Phi) is 9.52. The van der Waals surface area contributed by atoms with Crippen LogP contribution in [-0.4, -0.2) is 20.7 Å². The zero-order valence-electron chi connectivity index (χ0n) is 16.1. The van der Waals surface area contributed by atoms with Gasteiger partial charge < -0.3 is 10.7 Å². The Morgan fingerprint density at radius 2 is 1.86 bits per heavy atom. The molecule has 5 nitrogen and oxygen atoms in total. The van der Waals surface area contributed by atoms with E-state index in [1.54, 1.807) is 17.5 Å². The summed E-state index contributed by atoms with van der Waals surface area (Å²) in [6.07, 6.45) is 5.40. The van der Waals surface area contributed by atoms with E-state index in [0.717, 1.165) is 34.9 Å². The number of pyridine rings is 2. The molecule has 0 spiro atoms. The number of hydrogen-bond acceptors (Lipinski definition) is 6. The van der Waals surface area contributed by atoms with E-state index in [-0.39, 0.29) is 24.8 Å². The number of halogens is 2. The van der Waals surface area contributed by atoms with E-state index in [1.807, 2.05) is 36.5 Å². The molecule has 0 aliphatic rings. The number of nitrogens with one attached hydrogen (secondary N) is 2. The fourth-order valence-electron chi connectivity index (χ4n) is 2.47. The lowest BCUT2D eigenvalue weighted by molar-refractivity contribution is 0.885. The second kappa shape index (κ2) is 11.1. The summed E-state index contributed by atoms with van der Waals surface area (Å²) in [5.74, 6) is 1.91. The highest BCUT2D eigenvalue weighted by Crippen LogP contribution is 2.29. The molecule has 0 amide bonds. The van der Waals surface area contributed by atoms with Crippen LogP contribution >= 0.6 is 36.2 Å². The molecular weight excluding hydrogens is 413 g/mol. The van der Waals surface area contributed by atoms with Gasteiger partial charge in [-0.05, 0) is 36.6 Å². The van der Waals surface area contributed by atoms with Crippen molar-refractivity contribution in [3.63, 3.8) is 0 Å². The van der Waals surface area contributed by atoms with Gasteiger partial charge in [0.2, 0.25) is 0 Å². The lowest BCUT2D eigenvalue weighted by atomic mass is 10.1. The van der Waals surface area contributed by atoms with Crippen molar-refractivity contribution in [3.05, 3.63) is 53.2 Å². The van der Waals surface area contributed by atoms with Crippen LogP contribution in [0.3, 0.4) is 0 Å². The largest absolute Gasteiger partial charge is 0.325 e. The van der Waals surface area contributed by atoms with E-state index in [9.17, 15) is 0 Å². The van der Waals surface area contributed by atoms with Crippen molar-refractivity contribution < 1.29 is 0 Å². The zero-order valence-corrected chi connectivity index (χ0v) is 18.5. The van der Waals surface area contributed by atoms with Gasteiger partial charge in [0.05, 0.1) is 0 Å². The molecule has 0 radical (unpaired) electrons. The standard InChI is InChI=1S/C20H23N5S.2ClH/c1-4-6-15(21)14-9-10-18(22-11-14)25-19-8-5-7-16(24-19)20-23-12-17(26-20)13(2)3;;/h5,7-13,21H,4,6H2,1-3H3,(H,22,24,25);2*1H. The van der Waals surface area contributed by atoms with E-state index in [2.05, 4.69) is 41.0 Å². The van der Waals surface area contributed by atoms with Gasteiger partial charge in [-0.25, -0.2) is 15.0 Å². The van der Waals surface area contributed by atoms with Crippen molar-refractivity contribution in [1.82, 2.24) is 15.0 Å². The van der Waals surface area contributed by atoms with E-state index in [1.165, 1.54) is 4.88 Å². The van der Waals surface area contributed by atoms with Crippen LogP contribution < -0.4 is 5.32 Å². The van der Waals surface area contributed by atoms with Gasteiger partial charge in [-0.3, -0.25) is 0 Å². The van der Waals surface area contributed by atoms with Crippen molar-refractivity contribution in [2.24, 2.45) is 0 Å². The minimum Gasteiger partial charge on any atom is -0.325 e. The van der Waals surface area contributed by atoms with Crippen LogP contribution in [0.5, 0.6) is 0 Å². The maximum atomic E-state index is 8.00. The van der Waals surface area contributed by atoms with Crippen molar-refractivity contribution >= 4 is 53.5 Å². The van der Waals surface area contributed by atoms with Crippen LogP contribution in [0.2, 0.25) is 0 Å². The third-order valence-corrected chi connectivity index (χ3v) is 5.25. The third kappa shape index (κ3) is 5.99. The molecule has 0 atom stereocenters. The maximum absolute atomic E-state index is 8.00. The fraction of sp³-hybridized carbons (Fsp3) is 0.300. The summed E-state index contributed by atoms with van der Waals surface area (Å²) in [7, 11) is 0. The first kappa shape index (κ1) is 24.0. The van der Waals surface area contributed by atoms with Gasteiger partial charge in [0.15, 0.2) is 0 Å². The van der Waals surface area contributed by atoms with E-state index in [4.69, 9.17) is 5.41 Å². The molecule has 3 aromatic heterocycles. The molecule has 150 valence electrons. The minimum atomic E-state index is 0. The van der Waals surface area contributed by atoms with Crippen LogP contribution in [0.15, 0.2) is 42.7 Å². The van der Waals surface area contributed by atoms with Gasteiger partial charge >= 0.3 is 0 Å². The molecule has 3 rings (SSSR count). The van der Waals surface area contributed by atoms with Crippen LogP contribution in [0, 0.1) is 5.41 Å². The Morgan fingerprint density at radius 1 is 1.07 bits per heavy atom. The molecule has 0 fully saturated rings. The Bertz CT molecular complexity index is 894. The first-order valence-corrected chi connectivity index (χ1v) is 9.62. The summed E-state index contributed by atoms with van der Waals surface area (Å²) in [6, 6.07) is 9.65. The zero-order chi connectivity index (χ0) is 18.5. The average molecular weight is 438 g/mol. The van der Waals surface area contributed by atoms with Crippen LogP contribution in [0.1, 0.15) is 50.0 Å². The second-order valence-corrected chi connectivity index (χ2v) is 7.48. The molecule has 0 bridgehead atoms. The predicted octanol–water partition coefficient (Wildman–Crippen LogP) is 6.48. The van der Waals surface area contributed by atoms with Crippen molar-refractivity contribution in [2.75, 3.05) is 5.32 Å². The number of anilines is 2. The summed E-state index contributed by atoms with van der Waals surface area (Å²) in [5.41, 5.74) is 2.34. The molecule has 2 N–H and O–H groups in total. The average Bonchev–Trinajstić information content (AvgIpc) is 3.13. The summed E-state index contributed by atoms with van der Waals surface area (Å²) in [6.45, 7) is 6.40. The fourth-order valence-corrected chi connectivity index (χ4v) is 3.36. The molecule has 3 heterocycles. The van der Waals surface area contributed by atoms with Crippen molar-refractivity contribution in [2.45, 2.75) is 39.5 Å². The van der Waals surface area contributed by atoms with Crippen molar-refractivity contribution in [1.29, 1.82) is 5.41 Å². The highest BCUT2D eigenvalue weighted by Gasteiger charge is 2.09. The van der Waals surface area contributed by atoms with Crippen molar-refractivity contribution in [3.8, 4) is 10.7 Å². The second-order valence-electron chi connectivity index (χ2n) is 6.42. The molecular formula is C20H25Cl2N5S. The maximum Gasteiger partial charge on any atom is 0.142 e. The number of thiazole rings is 1. The first-order valence-electron chi connectivity index (χ1n) is 8.81. The SMILES string of the molecule is CCCC(=N)c1ccc(Nc2cccc(-c3ncc(C(C)C)s3)n2)nc1.Cl.Cl. The number of rotatable bonds is 7. The quantitative estimate of drug-likeness (QED) is 0.414. The smallest absolute Gasteiger partial charge is 0.142 e. The first-order chi connectivity index (χ1) is 12.6. The van der Waals surface area contributed by atoms with Gasteiger partial charge in [-0.1, -0.05) is 33.3 Å². The Morgan fingerprint density at radius 3 is 2.46 bits per heavy atom. The monoisotopic (exact) mass is 437 g/mol. The lowest BCUT2D eigenvalue weighted by Crippen LogP contribution is -2.01. The molecule has 3 aromatic rings. The molecule has 0 saturated carbocycles. The topological polar surface area (TPSA) is 74.6 Å². The molecule has 0 unspecified atom stereocenters. The van der Waals surface area contributed by atoms with Gasteiger partial charge in [0.1, 0.15) is 22.3 Å². The molecule has 28 heavy (non-hydrogen) atoms. The van der Waals surface area contributed by atoms with Gasteiger partial charge in [0, 0.05) is 28.5 Å². The summed E-state index contributed by atoms with van der Waals surface area (Å²) >= 11 is 1.68. The summed E-state index contributed by atoms with van der Waals surface area (Å²) in [4.78, 5) is 14.8. The highest BCUT2D eigenvalue weighted by molar-refractivity contribution is 7.15. The lowest BCUT2D eigenvalue weighted by Gasteiger charge is -2.07. The molecule has 0 saturated heterocycles. The summed E-state index contributed by atoms with van der Waals surface area (Å²) in [5, 5.41) is 12.1. The van der Waals surface area contributed by atoms with Crippen LogP contribution in [0.4, 0.5) is 11.6 Å². The Balaban J connectivity index is 0.00000196. The van der Waals surface area contributed by atoms with Crippen LogP contribution in [-0.2, 0) is 0 Å². The highest BCUT2D eigenvalue weighted by atomic mass is 35.5. The molecule has 8 heteroatoms. The number of nitrogens with zero attached hydrogens (tertiary/aromatic N) is 3. The van der Waals surface area contributed by atoms with E-state index < -0.39 is 0 Å². The minimum absolute atomic E-state index is 0. The predicted molar refractivity (Wildman–Crippen MR) is 123 cm³/mol. The Labute approximate surface area is 182 Å². The van der Waals surface area contributed by atoms with Crippen LogP contribution in [0.25, 0.3) is 10.7 Å². The number of hydrogen-bond donors (Lipinski definition) is 2. The summed E-state index contributed by atoms with van der Waals surface area (Å²) < 4.78 is 0. The third-order valence-electron chi connectivity index (χ3n) is 3.93.